The summed E-state index contributed by atoms with van der Waals surface area (Å²) in [5.41, 5.74) is -2.09. The number of pyridine rings is 1. The van der Waals surface area contributed by atoms with Crippen molar-refractivity contribution in [2.24, 2.45) is 0 Å². The first-order valence-electron chi connectivity index (χ1n) is 17.7. The number of carbonyl (C=O) groups excluding carboxylic acids is 1. The molecular weight excluding hydrogens is 893 g/mol. The van der Waals surface area contributed by atoms with Crippen LogP contribution in [0.3, 0.4) is 0 Å². The van der Waals surface area contributed by atoms with E-state index in [4.69, 9.17) is 0 Å². The molecule has 0 saturated heterocycles. The van der Waals surface area contributed by atoms with Crippen molar-refractivity contribution in [3.05, 3.63) is 174 Å². The van der Waals surface area contributed by atoms with Gasteiger partial charge in [-0.1, -0.05) is 152 Å². The van der Waals surface area contributed by atoms with E-state index in [2.05, 4.69) is 0 Å². The minimum absolute atomic E-state index is 0. The number of aromatic nitrogens is 1. The van der Waals surface area contributed by atoms with Crippen molar-refractivity contribution in [2.75, 3.05) is 12.3 Å². The molecule has 7 aromatic rings. The summed E-state index contributed by atoms with van der Waals surface area (Å²) < 4.78 is 68.0. The van der Waals surface area contributed by atoms with E-state index in [-0.39, 0.29) is 61.3 Å². The molecule has 0 aliphatic rings. The van der Waals surface area contributed by atoms with Gasteiger partial charge in [0.1, 0.15) is 25.6 Å². The van der Waals surface area contributed by atoms with Crippen LogP contribution >= 0.6 is 14.3 Å². The molecule has 6 nitrogen and oxygen atoms in total. The molecule has 12 heteroatoms. The number of fused-ring (bicyclic) bond motifs is 3. The number of rotatable bonds is 10. The van der Waals surface area contributed by atoms with E-state index in [1.807, 2.05) is 121 Å². The molecule has 6 aromatic carbocycles. The van der Waals surface area contributed by atoms with Crippen LogP contribution in [0.15, 0.2) is 163 Å². The number of benzene rings is 6. The third-order valence-corrected chi connectivity index (χ3v) is 16.0. The molecule has 1 aromatic heterocycles. The van der Waals surface area contributed by atoms with Crippen LogP contribution < -0.4 is 26.8 Å². The first kappa shape index (κ1) is 43.2. The van der Waals surface area contributed by atoms with Gasteiger partial charge >= 0.3 is 6.18 Å². The summed E-state index contributed by atoms with van der Waals surface area (Å²) >= 11 is 0. The monoisotopic (exact) mass is 932 g/mol. The molecule has 0 saturated carbocycles. The van der Waals surface area contributed by atoms with Gasteiger partial charge in [0.05, 0.1) is 5.52 Å². The molecule has 0 fully saturated rings. The van der Waals surface area contributed by atoms with Crippen LogP contribution in [0.25, 0.3) is 21.7 Å². The Balaban J connectivity index is 0.000000217. The molecular formula is C44H38EuF3NO5P2. The Morgan fingerprint density at radius 3 is 1.39 bits per heavy atom. The molecule has 0 bridgehead atoms. The summed E-state index contributed by atoms with van der Waals surface area (Å²) in [6, 6.07) is 48.8. The molecule has 0 atom stereocenters. The van der Waals surface area contributed by atoms with Gasteiger partial charge in [-0.05, 0) is 24.8 Å². The van der Waals surface area contributed by atoms with Crippen LogP contribution in [0.1, 0.15) is 23.7 Å². The largest absolute Gasteiger partial charge is 0.506 e. The molecule has 0 amide bonds. The van der Waals surface area contributed by atoms with Crippen LogP contribution in [0, 0.1) is 49.4 Å². The molecule has 0 unspecified atom stereocenters. The van der Waals surface area contributed by atoms with Crippen molar-refractivity contribution in [3.63, 3.8) is 0 Å². The molecule has 287 valence electrons. The Hall–Kier alpha value is -3.91. The van der Waals surface area contributed by atoms with Gasteiger partial charge in [-0.15, -0.1) is 0 Å². The normalized spacial score (nSPS) is 11.7. The second kappa shape index (κ2) is 18.6. The zero-order valence-electron chi connectivity index (χ0n) is 30.3. The first-order chi connectivity index (χ1) is 26.4. The van der Waals surface area contributed by atoms with E-state index >= 15 is 0 Å². The number of Topliss-reactive ketones (excluding diaryl/α,β-unsaturated/α-hetero) is 1. The third kappa shape index (κ3) is 8.96. The number of halogens is 3. The summed E-state index contributed by atoms with van der Waals surface area (Å²) in [6.07, 6.45) is -3.65. The third-order valence-electron chi connectivity index (χ3n) is 9.56. The van der Waals surface area contributed by atoms with E-state index in [0.717, 1.165) is 31.2 Å². The zero-order valence-corrected chi connectivity index (χ0v) is 34.5. The maximum Gasteiger partial charge on any atom is 0.455 e. The van der Waals surface area contributed by atoms with Crippen molar-refractivity contribution in [1.82, 2.24) is 4.57 Å². The van der Waals surface area contributed by atoms with Gasteiger partial charge in [-0.25, -0.2) is 0 Å². The summed E-state index contributed by atoms with van der Waals surface area (Å²) in [4.78, 5) is 24.0. The average molecular weight is 932 g/mol. The SMILES string of the molecule is CCn1c(=O)c(C(=O)C(F)(F)F)c(O)c2ccc3ccccc3c21.O=P(CCCP(=O)(c1ccccc1)c1ccccc1)(c1ccccc1)c1ccccc1.[Eu]. The minimum atomic E-state index is -5.24. The van der Waals surface area contributed by atoms with Crippen molar-refractivity contribution in [2.45, 2.75) is 26.1 Å². The molecule has 0 aliphatic carbocycles. The van der Waals surface area contributed by atoms with Crippen LogP contribution in [0.2, 0.25) is 0 Å². The van der Waals surface area contributed by atoms with E-state index < -0.39 is 43.1 Å². The fourth-order valence-corrected chi connectivity index (χ4v) is 12.6. The average Bonchev–Trinajstić information content (AvgIpc) is 3.22. The number of nitrogens with zero attached hydrogens (tertiary/aromatic N) is 1. The van der Waals surface area contributed by atoms with Gasteiger partial charge in [0.2, 0.25) is 0 Å². The summed E-state index contributed by atoms with van der Waals surface area (Å²) in [7, 11) is -5.63. The predicted octanol–water partition coefficient (Wildman–Crippen LogP) is 9.03. The van der Waals surface area contributed by atoms with Crippen molar-refractivity contribution < 1.29 is 81.6 Å². The van der Waals surface area contributed by atoms with Crippen LogP contribution in [0.5, 0.6) is 5.75 Å². The van der Waals surface area contributed by atoms with Crippen molar-refractivity contribution >= 4 is 63.0 Å². The molecule has 0 spiro atoms. The smallest absolute Gasteiger partial charge is 0.455 e. The fourth-order valence-electron chi connectivity index (χ4n) is 6.86. The molecule has 1 N–H and O–H groups in total. The van der Waals surface area contributed by atoms with Gasteiger partial charge < -0.3 is 18.8 Å². The number of aryl methyl sites for hydroxylation is 1. The number of ketones is 1. The molecule has 0 aliphatic heterocycles. The number of carbonyl (C=O) groups is 1. The Labute approximate surface area is 363 Å². The summed E-state index contributed by atoms with van der Waals surface area (Å²) in [5.74, 6) is -3.28. The van der Waals surface area contributed by atoms with Gasteiger partial charge in [0.15, 0.2) is 0 Å². The molecule has 56 heavy (non-hydrogen) atoms. The Kier molecular flexibility index (Phi) is 14.3. The quantitative estimate of drug-likeness (QED) is 0.0841. The minimum Gasteiger partial charge on any atom is -0.506 e. The van der Waals surface area contributed by atoms with E-state index in [0.29, 0.717) is 29.6 Å². The second-order valence-electron chi connectivity index (χ2n) is 12.9. The van der Waals surface area contributed by atoms with Crippen molar-refractivity contribution in [3.8, 4) is 5.75 Å². The predicted molar refractivity (Wildman–Crippen MR) is 217 cm³/mol. The second-order valence-corrected chi connectivity index (χ2v) is 18.8. The van der Waals surface area contributed by atoms with Crippen molar-refractivity contribution in [1.29, 1.82) is 0 Å². The van der Waals surface area contributed by atoms with Crippen LogP contribution in [-0.4, -0.2) is 34.0 Å². The van der Waals surface area contributed by atoms with E-state index in [9.17, 15) is 37.0 Å². The standard InChI is InChI=1S/C27H26O2P2.C17H12F3NO3.Eu/c28-30(24-14-5-1-6-15-24,25-16-7-2-8-17-25)22-13-23-31(29,26-18-9-3-10-19-26)27-20-11-4-12-21-27;1-2-21-13-10-6-4-3-5-9(10)7-8-11(13)14(22)12(16(21)24)15(23)17(18,19)20;/h1-12,14-21H,13,22-23H2;3-8,22H,2H2,1H3;. The van der Waals surface area contributed by atoms with Gasteiger partial charge in [-0.3, -0.25) is 9.59 Å². The topological polar surface area (TPSA) is 93.4 Å². The summed E-state index contributed by atoms with van der Waals surface area (Å²) in [5, 5.41) is 15.0. The number of hydrogen-bond acceptors (Lipinski definition) is 5. The maximum atomic E-state index is 14.3. The number of aromatic hydroxyl groups is 1. The number of alkyl halides is 3. The van der Waals surface area contributed by atoms with Gasteiger partial charge in [-0.2, -0.15) is 13.2 Å². The fraction of sp³-hybridized carbons (Fsp3) is 0.136. The maximum absolute atomic E-state index is 14.3. The van der Waals surface area contributed by atoms with Crippen LogP contribution in [-0.2, 0) is 15.7 Å². The summed E-state index contributed by atoms with van der Waals surface area (Å²) in [6.45, 7) is 1.64. The van der Waals surface area contributed by atoms with Crippen LogP contribution in [0.4, 0.5) is 13.2 Å². The first-order valence-corrected chi connectivity index (χ1v) is 21.5. The Bertz CT molecular complexity index is 2420. The van der Waals surface area contributed by atoms with Gasteiger partial charge in [0.25, 0.3) is 11.3 Å². The molecule has 1 radical (unpaired) electrons. The molecule has 7 rings (SSSR count). The van der Waals surface area contributed by atoms with E-state index in [1.54, 1.807) is 37.3 Å². The van der Waals surface area contributed by atoms with E-state index in [1.165, 1.54) is 6.07 Å². The van der Waals surface area contributed by atoms with Gasteiger partial charge in [0, 0.05) is 100 Å². The Morgan fingerprint density at radius 1 is 0.607 bits per heavy atom. The number of hydrogen-bond donors (Lipinski definition) is 1. The Morgan fingerprint density at radius 2 is 1.00 bits per heavy atom. The molecule has 1 heterocycles. The zero-order chi connectivity index (χ0) is 39.2.